The predicted molar refractivity (Wildman–Crippen MR) is 162 cm³/mol. The summed E-state index contributed by atoms with van der Waals surface area (Å²) in [6.07, 6.45) is -1.59. The summed E-state index contributed by atoms with van der Waals surface area (Å²) >= 11 is 0. The Kier molecular flexibility index (Phi) is 10.9. The van der Waals surface area contributed by atoms with E-state index in [1.807, 2.05) is 80.6 Å². The standard InChI is InChI=1S/C33H43NO5Si/c1-24(2)31(32(37)38-6)34-30(36)23-28(35)29(22-25-16-10-7-11-17-25)39-40(33(3,4)5,26-18-12-8-13-19-26)27-20-14-9-15-21-27/h7-21,24,28-29,31,35H,22-23H2,1-6H3,(H,34,36)/t28-,29+,31+/m1/s1. The lowest BCUT2D eigenvalue weighted by molar-refractivity contribution is -0.146. The summed E-state index contributed by atoms with van der Waals surface area (Å²) in [5.41, 5.74) is 1.000. The molecule has 0 heterocycles. The number of aliphatic hydroxyl groups excluding tert-OH is 1. The number of carbonyl (C=O) groups excluding carboxylic acids is 2. The Hall–Kier alpha value is -3.26. The molecule has 3 aromatic carbocycles. The van der Waals surface area contributed by atoms with Crippen LogP contribution in [0.4, 0.5) is 0 Å². The van der Waals surface area contributed by atoms with Crippen molar-refractivity contribution in [3.05, 3.63) is 96.6 Å². The first kappa shape index (κ1) is 31.3. The van der Waals surface area contributed by atoms with Crippen LogP contribution in [0.15, 0.2) is 91.0 Å². The van der Waals surface area contributed by atoms with Crippen LogP contribution < -0.4 is 15.7 Å². The SMILES string of the molecule is COC(=O)[C@@H](NC(=O)C[C@@H](O)[C@H](Cc1ccccc1)O[Si](c1ccccc1)(c1ccccc1)C(C)(C)C)C(C)C. The van der Waals surface area contributed by atoms with Crippen LogP contribution in [0.5, 0.6) is 0 Å². The highest BCUT2D eigenvalue weighted by Gasteiger charge is 2.52. The van der Waals surface area contributed by atoms with E-state index in [-0.39, 0.29) is 17.4 Å². The summed E-state index contributed by atoms with van der Waals surface area (Å²) in [5.74, 6) is -1.11. The van der Waals surface area contributed by atoms with Crippen LogP contribution in [0, 0.1) is 5.92 Å². The molecule has 0 unspecified atom stereocenters. The van der Waals surface area contributed by atoms with Crippen molar-refractivity contribution >= 4 is 30.6 Å². The van der Waals surface area contributed by atoms with Crippen molar-refractivity contribution in [2.75, 3.05) is 7.11 Å². The van der Waals surface area contributed by atoms with E-state index < -0.39 is 38.4 Å². The quantitative estimate of drug-likeness (QED) is 0.255. The molecule has 7 heteroatoms. The van der Waals surface area contributed by atoms with E-state index in [1.165, 1.54) is 7.11 Å². The minimum atomic E-state index is -3.02. The van der Waals surface area contributed by atoms with Gasteiger partial charge in [-0.1, -0.05) is 126 Å². The van der Waals surface area contributed by atoms with E-state index in [1.54, 1.807) is 0 Å². The summed E-state index contributed by atoms with van der Waals surface area (Å²) in [6, 6.07) is 29.5. The van der Waals surface area contributed by atoms with Gasteiger partial charge in [0, 0.05) is 0 Å². The second-order valence-electron chi connectivity index (χ2n) is 11.6. The molecular formula is C33H43NO5Si. The van der Waals surface area contributed by atoms with Gasteiger partial charge in [-0.05, 0) is 33.3 Å². The summed E-state index contributed by atoms with van der Waals surface area (Å²) in [7, 11) is -1.72. The highest BCUT2D eigenvalue weighted by molar-refractivity contribution is 6.99. The van der Waals surface area contributed by atoms with Gasteiger partial charge in [0.2, 0.25) is 5.91 Å². The van der Waals surface area contributed by atoms with Gasteiger partial charge in [-0.2, -0.15) is 0 Å². The minimum Gasteiger partial charge on any atom is -0.467 e. The Morgan fingerprint density at radius 2 is 1.32 bits per heavy atom. The van der Waals surface area contributed by atoms with E-state index in [0.29, 0.717) is 6.42 Å². The molecule has 0 radical (unpaired) electrons. The zero-order valence-electron chi connectivity index (χ0n) is 24.5. The smallest absolute Gasteiger partial charge is 0.328 e. The van der Waals surface area contributed by atoms with Gasteiger partial charge in [0.25, 0.3) is 8.32 Å². The first-order valence-corrected chi connectivity index (χ1v) is 15.8. The summed E-state index contributed by atoms with van der Waals surface area (Å²) in [5, 5.41) is 16.3. The van der Waals surface area contributed by atoms with Crippen molar-refractivity contribution in [1.29, 1.82) is 0 Å². The van der Waals surface area contributed by atoms with Crippen molar-refractivity contribution in [3.8, 4) is 0 Å². The fourth-order valence-electron chi connectivity index (χ4n) is 5.20. The molecule has 214 valence electrons. The summed E-state index contributed by atoms with van der Waals surface area (Å²) < 4.78 is 12.2. The first-order chi connectivity index (χ1) is 19.0. The normalized spacial score (nSPS) is 14.3. The van der Waals surface area contributed by atoms with Crippen molar-refractivity contribution in [2.45, 2.75) is 70.7 Å². The third kappa shape index (κ3) is 7.47. The maximum Gasteiger partial charge on any atom is 0.328 e. The molecule has 0 aliphatic carbocycles. The number of rotatable bonds is 12. The molecular weight excluding hydrogens is 518 g/mol. The molecule has 0 aliphatic rings. The third-order valence-electron chi connectivity index (χ3n) is 7.29. The molecule has 40 heavy (non-hydrogen) atoms. The Bertz CT molecular complexity index is 1170. The lowest BCUT2D eigenvalue weighted by atomic mass is 10.0. The Balaban J connectivity index is 2.05. The zero-order chi connectivity index (χ0) is 29.3. The lowest BCUT2D eigenvalue weighted by Gasteiger charge is -2.46. The summed E-state index contributed by atoms with van der Waals surface area (Å²) in [6.45, 7) is 10.2. The fraction of sp³-hybridized carbons (Fsp3) is 0.394. The molecule has 0 spiro atoms. The molecule has 0 bridgehead atoms. The van der Waals surface area contributed by atoms with Gasteiger partial charge in [-0.25, -0.2) is 4.79 Å². The zero-order valence-corrected chi connectivity index (χ0v) is 25.5. The number of methoxy groups -OCH3 is 1. The Labute approximate surface area is 239 Å². The van der Waals surface area contributed by atoms with E-state index in [9.17, 15) is 14.7 Å². The summed E-state index contributed by atoms with van der Waals surface area (Å²) in [4.78, 5) is 25.4. The monoisotopic (exact) mass is 561 g/mol. The number of ether oxygens (including phenoxy) is 1. The van der Waals surface area contributed by atoms with Crippen LogP contribution in [0.1, 0.15) is 46.6 Å². The van der Waals surface area contributed by atoms with Crippen LogP contribution in [0.2, 0.25) is 5.04 Å². The van der Waals surface area contributed by atoms with E-state index in [0.717, 1.165) is 15.9 Å². The molecule has 2 N–H and O–H groups in total. The molecule has 0 aromatic heterocycles. The van der Waals surface area contributed by atoms with E-state index in [2.05, 4.69) is 50.4 Å². The molecule has 0 aliphatic heterocycles. The molecule has 0 saturated heterocycles. The van der Waals surface area contributed by atoms with Gasteiger partial charge < -0.3 is 19.6 Å². The maximum absolute atomic E-state index is 13.1. The van der Waals surface area contributed by atoms with Gasteiger partial charge in [0.05, 0.1) is 25.7 Å². The van der Waals surface area contributed by atoms with E-state index in [4.69, 9.17) is 9.16 Å². The second kappa shape index (κ2) is 13.9. The van der Waals surface area contributed by atoms with E-state index >= 15 is 0 Å². The number of nitrogens with one attached hydrogen (secondary N) is 1. The van der Waals surface area contributed by atoms with Gasteiger partial charge in [-0.3, -0.25) is 4.79 Å². The van der Waals surface area contributed by atoms with Gasteiger partial charge in [0.15, 0.2) is 0 Å². The Morgan fingerprint density at radius 3 is 1.75 bits per heavy atom. The van der Waals surface area contributed by atoms with Crippen molar-refractivity contribution in [1.82, 2.24) is 5.32 Å². The lowest BCUT2D eigenvalue weighted by Crippen LogP contribution is -2.68. The highest BCUT2D eigenvalue weighted by atomic mass is 28.4. The van der Waals surface area contributed by atoms with Crippen molar-refractivity contribution < 1.29 is 23.9 Å². The number of benzene rings is 3. The predicted octanol–water partition coefficient (Wildman–Crippen LogP) is 4.24. The largest absolute Gasteiger partial charge is 0.467 e. The number of hydrogen-bond acceptors (Lipinski definition) is 5. The highest BCUT2D eigenvalue weighted by Crippen LogP contribution is 2.38. The van der Waals surface area contributed by atoms with Crippen LogP contribution in [0.25, 0.3) is 0 Å². The number of carbonyl (C=O) groups is 2. The molecule has 3 rings (SSSR count). The van der Waals surface area contributed by atoms with Crippen LogP contribution >= 0.6 is 0 Å². The molecule has 1 amide bonds. The Morgan fingerprint density at radius 1 is 0.850 bits per heavy atom. The average Bonchev–Trinajstić information content (AvgIpc) is 2.94. The fourth-order valence-corrected chi connectivity index (χ4v) is 9.91. The average molecular weight is 562 g/mol. The van der Waals surface area contributed by atoms with Crippen LogP contribution in [-0.4, -0.2) is 50.7 Å². The van der Waals surface area contributed by atoms with Gasteiger partial charge in [-0.15, -0.1) is 0 Å². The first-order valence-electron chi connectivity index (χ1n) is 13.9. The molecule has 6 nitrogen and oxygen atoms in total. The molecule has 0 saturated carbocycles. The number of amides is 1. The van der Waals surface area contributed by atoms with Crippen LogP contribution in [-0.2, 0) is 25.2 Å². The topological polar surface area (TPSA) is 84.9 Å². The number of hydrogen-bond donors (Lipinski definition) is 2. The van der Waals surface area contributed by atoms with Crippen molar-refractivity contribution in [3.63, 3.8) is 0 Å². The minimum absolute atomic E-state index is 0.165. The molecule has 3 atom stereocenters. The third-order valence-corrected chi connectivity index (χ3v) is 12.3. The van der Waals surface area contributed by atoms with Gasteiger partial charge in [0.1, 0.15) is 6.04 Å². The molecule has 3 aromatic rings. The van der Waals surface area contributed by atoms with Gasteiger partial charge >= 0.3 is 5.97 Å². The second-order valence-corrected chi connectivity index (χ2v) is 15.8. The number of esters is 1. The van der Waals surface area contributed by atoms with Crippen LogP contribution in [0.3, 0.4) is 0 Å². The van der Waals surface area contributed by atoms with Crippen molar-refractivity contribution in [2.24, 2.45) is 5.92 Å². The number of aliphatic hydroxyl groups is 1. The molecule has 0 fully saturated rings. The maximum atomic E-state index is 13.1.